The Morgan fingerprint density at radius 3 is 2.26 bits per heavy atom. The number of rotatable bonds is 13. The fourth-order valence-electron chi connectivity index (χ4n) is 5.69. The maximum atomic E-state index is 13.9. The zero-order chi connectivity index (χ0) is 37.6. The van der Waals surface area contributed by atoms with E-state index in [1.54, 1.807) is 51.1 Å². The van der Waals surface area contributed by atoms with E-state index in [2.05, 4.69) is 21.0 Å². The van der Waals surface area contributed by atoms with Crippen LogP contribution < -0.4 is 20.7 Å². The number of carbonyl (C=O) groups excluding carboxylic acids is 2. The fourth-order valence-corrected chi connectivity index (χ4v) is 5.69. The van der Waals surface area contributed by atoms with Crippen molar-refractivity contribution in [1.82, 2.24) is 20.4 Å². The van der Waals surface area contributed by atoms with Gasteiger partial charge in [0.1, 0.15) is 23.7 Å². The lowest BCUT2D eigenvalue weighted by atomic mass is 9.97. The number of halogens is 3. The fraction of sp³-hybridized carbons (Fsp3) is 0.293. The van der Waals surface area contributed by atoms with Gasteiger partial charge < -0.3 is 25.4 Å². The van der Waals surface area contributed by atoms with Crippen molar-refractivity contribution < 1.29 is 32.2 Å². The average molecular weight is 726 g/mol. The lowest BCUT2D eigenvalue weighted by Crippen LogP contribution is -2.32. The van der Waals surface area contributed by atoms with Gasteiger partial charge in [-0.25, -0.2) is 9.48 Å². The van der Waals surface area contributed by atoms with Gasteiger partial charge in [-0.15, -0.1) is 0 Å². The second kappa shape index (κ2) is 16.0. The van der Waals surface area contributed by atoms with Gasteiger partial charge in [0.2, 0.25) is 0 Å². The molecule has 3 N–H and O–H groups in total. The van der Waals surface area contributed by atoms with E-state index in [0.717, 1.165) is 39.7 Å². The minimum Gasteiger partial charge on any atom is -0.489 e. The van der Waals surface area contributed by atoms with Crippen LogP contribution in [0.25, 0.3) is 5.69 Å². The Morgan fingerprint density at radius 2 is 1.57 bits per heavy atom. The lowest BCUT2D eigenvalue weighted by Gasteiger charge is -2.21. The van der Waals surface area contributed by atoms with E-state index in [4.69, 9.17) is 9.47 Å². The molecule has 0 aliphatic heterocycles. The molecule has 0 saturated heterocycles. The Morgan fingerprint density at radius 1 is 0.849 bits per heavy atom. The number of ether oxygens (including phenoxy) is 2. The van der Waals surface area contributed by atoms with Gasteiger partial charge in [-0.3, -0.25) is 4.79 Å². The van der Waals surface area contributed by atoms with Gasteiger partial charge in [0, 0.05) is 18.3 Å². The first-order valence-corrected chi connectivity index (χ1v) is 17.5. The molecular formula is C41H42F3N5O4. The van der Waals surface area contributed by atoms with Gasteiger partial charge in [0.25, 0.3) is 5.91 Å². The van der Waals surface area contributed by atoms with Crippen LogP contribution in [0.2, 0.25) is 0 Å². The number of carbonyl (C=O) groups is 2. The molecule has 1 atom stereocenters. The zero-order valence-corrected chi connectivity index (χ0v) is 29.7. The summed E-state index contributed by atoms with van der Waals surface area (Å²) in [6.45, 7) is 6.52. The van der Waals surface area contributed by atoms with Crippen molar-refractivity contribution >= 4 is 17.7 Å². The summed E-state index contributed by atoms with van der Waals surface area (Å²) in [5, 5.41) is 12.8. The molecule has 2 amide bonds. The van der Waals surface area contributed by atoms with Gasteiger partial charge in [-0.05, 0) is 105 Å². The monoisotopic (exact) mass is 725 g/mol. The van der Waals surface area contributed by atoms with Gasteiger partial charge >= 0.3 is 12.3 Å². The molecule has 12 heteroatoms. The van der Waals surface area contributed by atoms with Crippen LogP contribution in [-0.4, -0.2) is 33.9 Å². The Balaban J connectivity index is 1.21. The van der Waals surface area contributed by atoms with E-state index in [1.807, 2.05) is 66.7 Å². The maximum absolute atomic E-state index is 13.9. The third-order valence-corrected chi connectivity index (χ3v) is 8.47. The molecule has 53 heavy (non-hydrogen) atoms. The third-order valence-electron chi connectivity index (χ3n) is 8.47. The SMILES string of the molecule is CC(C)(C)OC(=O)NCc1cccc(-n2nc(C(F)(F)F)cc2C(=O)Nc2cccc(C(NCC3CC3)c3ccc(OCc4ccccc4)cc3)c2)c1. The van der Waals surface area contributed by atoms with Crippen molar-refractivity contribution in [3.8, 4) is 11.4 Å². The van der Waals surface area contributed by atoms with E-state index in [9.17, 15) is 22.8 Å². The topological polar surface area (TPSA) is 107 Å². The first-order valence-electron chi connectivity index (χ1n) is 17.5. The maximum Gasteiger partial charge on any atom is 0.435 e. The molecule has 1 aliphatic carbocycles. The molecule has 1 aromatic heterocycles. The highest BCUT2D eigenvalue weighted by Crippen LogP contribution is 2.33. The molecule has 1 heterocycles. The smallest absolute Gasteiger partial charge is 0.435 e. The lowest BCUT2D eigenvalue weighted by molar-refractivity contribution is -0.141. The molecule has 1 unspecified atom stereocenters. The Labute approximate surface area is 306 Å². The minimum atomic E-state index is -4.79. The summed E-state index contributed by atoms with van der Waals surface area (Å²) >= 11 is 0. The van der Waals surface area contributed by atoms with Gasteiger partial charge in [0.15, 0.2) is 5.69 Å². The van der Waals surface area contributed by atoms with E-state index in [1.165, 1.54) is 18.9 Å². The number of nitrogens with zero attached hydrogens (tertiary/aromatic N) is 2. The first kappa shape index (κ1) is 37.1. The van der Waals surface area contributed by atoms with Crippen molar-refractivity contribution in [2.24, 2.45) is 5.92 Å². The number of nitrogens with one attached hydrogen (secondary N) is 3. The van der Waals surface area contributed by atoms with Gasteiger partial charge in [-0.1, -0.05) is 66.7 Å². The van der Waals surface area contributed by atoms with Crippen LogP contribution in [0, 0.1) is 5.92 Å². The summed E-state index contributed by atoms with van der Waals surface area (Å²) in [5.74, 6) is 0.563. The number of hydrogen-bond donors (Lipinski definition) is 3. The molecule has 1 fully saturated rings. The van der Waals surface area contributed by atoms with Crippen LogP contribution in [0.5, 0.6) is 5.75 Å². The zero-order valence-electron chi connectivity index (χ0n) is 29.7. The second-order valence-corrected chi connectivity index (χ2v) is 14.1. The number of alkyl halides is 3. The van der Waals surface area contributed by atoms with Crippen LogP contribution in [0.1, 0.15) is 78.1 Å². The predicted molar refractivity (Wildman–Crippen MR) is 196 cm³/mol. The number of aromatic nitrogens is 2. The second-order valence-electron chi connectivity index (χ2n) is 14.1. The highest BCUT2D eigenvalue weighted by atomic mass is 19.4. The normalized spacial score (nSPS) is 13.6. The number of amides is 2. The van der Waals surface area contributed by atoms with Crippen LogP contribution in [0.4, 0.5) is 23.7 Å². The number of alkyl carbamates (subject to hydrolysis) is 1. The molecule has 5 aromatic rings. The molecule has 276 valence electrons. The predicted octanol–water partition coefficient (Wildman–Crippen LogP) is 8.84. The van der Waals surface area contributed by atoms with Crippen molar-refractivity contribution in [3.63, 3.8) is 0 Å². The van der Waals surface area contributed by atoms with E-state index < -0.39 is 29.5 Å². The molecule has 4 aromatic carbocycles. The third kappa shape index (κ3) is 10.5. The first-order chi connectivity index (χ1) is 25.3. The molecule has 0 bridgehead atoms. The van der Waals surface area contributed by atoms with Crippen molar-refractivity contribution in [2.75, 3.05) is 11.9 Å². The molecular weight excluding hydrogens is 683 g/mol. The standard InChI is InChI=1S/C41H42F3N5O4/c1-40(2,3)53-39(51)46-25-29-11-7-14-33(21-29)49-35(23-36(48-49)41(42,43)44)38(50)47-32-13-8-12-31(22-32)37(45-24-27-15-16-27)30-17-19-34(20-18-30)52-26-28-9-5-4-6-10-28/h4-14,17-23,27,37,45H,15-16,24-26H2,1-3H3,(H,46,51)(H,47,50). The van der Waals surface area contributed by atoms with E-state index in [0.29, 0.717) is 23.8 Å². The molecule has 9 nitrogen and oxygen atoms in total. The molecule has 0 spiro atoms. The molecule has 1 aliphatic rings. The Hall–Kier alpha value is -5.62. The number of benzene rings is 4. The van der Waals surface area contributed by atoms with Crippen molar-refractivity contribution in [2.45, 2.75) is 64.6 Å². The van der Waals surface area contributed by atoms with E-state index >= 15 is 0 Å². The summed E-state index contributed by atoms with van der Waals surface area (Å²) in [7, 11) is 0. The van der Waals surface area contributed by atoms with Crippen LogP contribution in [-0.2, 0) is 24.1 Å². The molecule has 1 saturated carbocycles. The van der Waals surface area contributed by atoms with Crippen molar-refractivity contribution in [3.05, 3.63) is 143 Å². The Bertz CT molecular complexity index is 2020. The summed E-state index contributed by atoms with van der Waals surface area (Å²) < 4.78 is 53.9. The number of hydrogen-bond acceptors (Lipinski definition) is 6. The summed E-state index contributed by atoms with van der Waals surface area (Å²) in [4.78, 5) is 25.9. The summed E-state index contributed by atoms with van der Waals surface area (Å²) in [6.07, 6.45) is -3.10. The van der Waals surface area contributed by atoms with Crippen LogP contribution in [0.3, 0.4) is 0 Å². The van der Waals surface area contributed by atoms with Crippen molar-refractivity contribution in [1.29, 1.82) is 0 Å². The van der Waals surface area contributed by atoms with Gasteiger partial charge in [0.05, 0.1) is 11.7 Å². The summed E-state index contributed by atoms with van der Waals surface area (Å²) in [6, 6.07) is 31.9. The van der Waals surface area contributed by atoms with E-state index in [-0.39, 0.29) is 24.0 Å². The summed E-state index contributed by atoms with van der Waals surface area (Å²) in [5.41, 5.74) is 1.90. The number of anilines is 1. The van der Waals surface area contributed by atoms with Crippen LogP contribution in [0.15, 0.2) is 109 Å². The highest BCUT2D eigenvalue weighted by Gasteiger charge is 2.36. The largest absolute Gasteiger partial charge is 0.489 e. The highest BCUT2D eigenvalue weighted by molar-refractivity contribution is 6.03. The molecule has 6 rings (SSSR count). The minimum absolute atomic E-state index is 0.0455. The quantitative estimate of drug-likeness (QED) is 0.112. The van der Waals surface area contributed by atoms with Gasteiger partial charge in [-0.2, -0.15) is 18.3 Å². The Kier molecular flexibility index (Phi) is 11.2. The molecule has 0 radical (unpaired) electrons. The average Bonchev–Trinajstić information content (AvgIpc) is 3.83. The van der Waals surface area contributed by atoms with Crippen LogP contribution >= 0.6 is 0 Å².